The lowest BCUT2D eigenvalue weighted by Gasteiger charge is -2.35. The first-order chi connectivity index (χ1) is 7.25. The molecule has 0 radical (unpaired) electrons. The van der Waals surface area contributed by atoms with Crippen LogP contribution in [0.15, 0.2) is 18.2 Å². The van der Waals surface area contributed by atoms with Gasteiger partial charge in [-0.05, 0) is 36.7 Å². The molecule has 1 aliphatic heterocycles. The molecule has 1 heterocycles. The molecule has 15 heavy (non-hydrogen) atoms. The van der Waals surface area contributed by atoms with Crippen LogP contribution in [-0.2, 0) is 6.42 Å². The lowest BCUT2D eigenvalue weighted by molar-refractivity contribution is 0.163. The monoisotopic (exact) mass is 206 g/mol. The van der Waals surface area contributed by atoms with Gasteiger partial charge in [0.05, 0.1) is 0 Å². The molecule has 2 atom stereocenters. The van der Waals surface area contributed by atoms with Crippen LogP contribution in [-0.4, -0.2) is 31.1 Å². The van der Waals surface area contributed by atoms with Crippen LogP contribution < -0.4 is 5.32 Å². The van der Waals surface area contributed by atoms with E-state index in [0.29, 0.717) is 12.1 Å². The van der Waals surface area contributed by atoms with Gasteiger partial charge in [-0.2, -0.15) is 0 Å². The van der Waals surface area contributed by atoms with Gasteiger partial charge in [0.25, 0.3) is 0 Å². The summed E-state index contributed by atoms with van der Waals surface area (Å²) in [6.07, 6.45) is 1.05. The molecule has 1 aliphatic carbocycles. The van der Waals surface area contributed by atoms with E-state index in [2.05, 4.69) is 17.3 Å². The number of hydrogen-bond acceptors (Lipinski definition) is 2. The maximum absolute atomic E-state index is 13.2. The molecule has 2 nitrogen and oxygen atoms in total. The Balaban J connectivity index is 2.01. The minimum atomic E-state index is -0.121. The Morgan fingerprint density at radius 3 is 3.20 bits per heavy atom. The lowest BCUT2D eigenvalue weighted by atomic mass is 10.0. The highest BCUT2D eigenvalue weighted by atomic mass is 19.1. The molecule has 3 heteroatoms. The third kappa shape index (κ3) is 1.38. The molecular formula is C12H15FN2. The average Bonchev–Trinajstić information content (AvgIpc) is 2.58. The van der Waals surface area contributed by atoms with Gasteiger partial charge in [-0.1, -0.05) is 6.07 Å². The van der Waals surface area contributed by atoms with E-state index in [9.17, 15) is 4.39 Å². The molecule has 3 rings (SSSR count). The Bertz CT molecular complexity index is 391. The van der Waals surface area contributed by atoms with Gasteiger partial charge in [0.2, 0.25) is 0 Å². The van der Waals surface area contributed by atoms with E-state index in [0.717, 1.165) is 25.1 Å². The van der Waals surface area contributed by atoms with Crippen molar-refractivity contribution in [3.63, 3.8) is 0 Å². The van der Waals surface area contributed by atoms with Crippen LogP contribution in [0.2, 0.25) is 0 Å². The van der Waals surface area contributed by atoms with Crippen LogP contribution >= 0.6 is 0 Å². The molecule has 2 aliphatic rings. The van der Waals surface area contributed by atoms with Gasteiger partial charge >= 0.3 is 0 Å². The highest BCUT2D eigenvalue weighted by Crippen LogP contribution is 2.35. The molecule has 1 N–H and O–H groups in total. The van der Waals surface area contributed by atoms with Crippen molar-refractivity contribution in [3.05, 3.63) is 35.1 Å². The topological polar surface area (TPSA) is 15.3 Å². The van der Waals surface area contributed by atoms with Crippen molar-refractivity contribution in [2.45, 2.75) is 18.5 Å². The summed E-state index contributed by atoms with van der Waals surface area (Å²) in [6, 6.07) is 6.02. The van der Waals surface area contributed by atoms with Gasteiger partial charge in [0, 0.05) is 25.2 Å². The zero-order chi connectivity index (χ0) is 10.4. The van der Waals surface area contributed by atoms with Crippen LogP contribution in [0, 0.1) is 5.82 Å². The Morgan fingerprint density at radius 2 is 2.33 bits per heavy atom. The molecule has 0 bridgehead atoms. The quantitative estimate of drug-likeness (QED) is 0.689. The molecule has 0 aromatic heterocycles. The standard InChI is InChI=1S/C12H15FN2/c1-15-5-4-14-12-10-7-9(13)3-2-8(10)6-11(12)15/h2-3,7,11-12,14H,4-6H2,1H3. The second kappa shape index (κ2) is 3.29. The maximum Gasteiger partial charge on any atom is 0.123 e. The van der Waals surface area contributed by atoms with Crippen LogP contribution in [0.25, 0.3) is 0 Å². The SMILES string of the molecule is CN1CCNC2c3cc(F)ccc3CC21. The number of benzene rings is 1. The van der Waals surface area contributed by atoms with E-state index in [1.807, 2.05) is 6.07 Å². The van der Waals surface area contributed by atoms with Crippen molar-refractivity contribution >= 4 is 0 Å². The van der Waals surface area contributed by atoms with Crippen molar-refractivity contribution in [3.8, 4) is 0 Å². The first kappa shape index (κ1) is 9.31. The van der Waals surface area contributed by atoms with Crippen LogP contribution in [0.3, 0.4) is 0 Å². The first-order valence-corrected chi connectivity index (χ1v) is 5.47. The fourth-order valence-corrected chi connectivity index (χ4v) is 2.81. The van der Waals surface area contributed by atoms with Crippen LogP contribution in [0.4, 0.5) is 4.39 Å². The number of likely N-dealkylation sites (N-methyl/N-ethyl adjacent to an activating group) is 1. The summed E-state index contributed by atoms with van der Waals surface area (Å²) in [4.78, 5) is 2.37. The van der Waals surface area contributed by atoms with Crippen molar-refractivity contribution in [2.24, 2.45) is 0 Å². The number of halogens is 1. The van der Waals surface area contributed by atoms with Gasteiger partial charge in [0.15, 0.2) is 0 Å². The molecule has 0 saturated carbocycles. The molecule has 1 aromatic rings. The lowest BCUT2D eigenvalue weighted by Crippen LogP contribution is -2.49. The summed E-state index contributed by atoms with van der Waals surface area (Å²) in [5.41, 5.74) is 2.46. The predicted octanol–water partition coefficient (Wildman–Crippen LogP) is 1.33. The van der Waals surface area contributed by atoms with Crippen molar-refractivity contribution < 1.29 is 4.39 Å². The number of rotatable bonds is 0. The second-order valence-corrected chi connectivity index (χ2v) is 4.53. The first-order valence-electron chi connectivity index (χ1n) is 5.47. The second-order valence-electron chi connectivity index (χ2n) is 4.53. The van der Waals surface area contributed by atoms with Crippen molar-refractivity contribution in [1.29, 1.82) is 0 Å². The number of fused-ring (bicyclic) bond motifs is 3. The molecule has 1 fully saturated rings. The fourth-order valence-electron chi connectivity index (χ4n) is 2.81. The highest BCUT2D eigenvalue weighted by molar-refractivity contribution is 5.38. The molecule has 80 valence electrons. The van der Waals surface area contributed by atoms with Gasteiger partial charge in [0.1, 0.15) is 5.82 Å². The van der Waals surface area contributed by atoms with E-state index in [1.54, 1.807) is 12.1 Å². The van der Waals surface area contributed by atoms with E-state index < -0.39 is 0 Å². The number of nitrogens with one attached hydrogen (secondary N) is 1. The van der Waals surface area contributed by atoms with Gasteiger partial charge in [-0.3, -0.25) is 4.90 Å². The normalized spacial score (nSPS) is 30.0. The fraction of sp³-hybridized carbons (Fsp3) is 0.500. The molecule has 1 saturated heterocycles. The molecule has 1 aromatic carbocycles. The zero-order valence-electron chi connectivity index (χ0n) is 8.83. The predicted molar refractivity (Wildman–Crippen MR) is 57.3 cm³/mol. The summed E-state index contributed by atoms with van der Waals surface area (Å²) in [7, 11) is 2.15. The Morgan fingerprint density at radius 1 is 1.47 bits per heavy atom. The smallest absolute Gasteiger partial charge is 0.123 e. The summed E-state index contributed by atoms with van der Waals surface area (Å²) >= 11 is 0. The minimum Gasteiger partial charge on any atom is -0.307 e. The van der Waals surface area contributed by atoms with Crippen LogP contribution in [0.5, 0.6) is 0 Å². The molecule has 0 spiro atoms. The summed E-state index contributed by atoms with van der Waals surface area (Å²) in [5.74, 6) is -0.121. The minimum absolute atomic E-state index is 0.121. The van der Waals surface area contributed by atoms with Crippen molar-refractivity contribution in [2.75, 3.05) is 20.1 Å². The Labute approximate surface area is 89.1 Å². The summed E-state index contributed by atoms with van der Waals surface area (Å²) in [6.45, 7) is 2.07. The highest BCUT2D eigenvalue weighted by Gasteiger charge is 2.37. The third-order valence-electron chi connectivity index (χ3n) is 3.65. The Hall–Kier alpha value is -0.930. The number of hydrogen-bond donors (Lipinski definition) is 1. The largest absolute Gasteiger partial charge is 0.307 e. The van der Waals surface area contributed by atoms with E-state index in [4.69, 9.17) is 0 Å². The van der Waals surface area contributed by atoms with E-state index in [1.165, 1.54) is 5.56 Å². The molecular weight excluding hydrogens is 191 g/mol. The number of piperazine rings is 1. The zero-order valence-corrected chi connectivity index (χ0v) is 8.83. The van der Waals surface area contributed by atoms with E-state index >= 15 is 0 Å². The van der Waals surface area contributed by atoms with Gasteiger partial charge in [-0.15, -0.1) is 0 Å². The third-order valence-corrected chi connectivity index (χ3v) is 3.65. The van der Waals surface area contributed by atoms with Crippen LogP contribution in [0.1, 0.15) is 17.2 Å². The maximum atomic E-state index is 13.2. The summed E-state index contributed by atoms with van der Waals surface area (Å²) in [5, 5.41) is 3.49. The van der Waals surface area contributed by atoms with Gasteiger partial charge < -0.3 is 5.32 Å². The molecule has 0 amide bonds. The van der Waals surface area contributed by atoms with E-state index in [-0.39, 0.29) is 5.82 Å². The number of nitrogens with zero attached hydrogens (tertiary/aromatic N) is 1. The Kier molecular flexibility index (Phi) is 2.04. The van der Waals surface area contributed by atoms with Crippen molar-refractivity contribution in [1.82, 2.24) is 10.2 Å². The molecule has 2 unspecified atom stereocenters. The average molecular weight is 206 g/mol. The van der Waals surface area contributed by atoms with Gasteiger partial charge in [-0.25, -0.2) is 4.39 Å². The summed E-state index contributed by atoms with van der Waals surface area (Å²) < 4.78 is 13.2.